The summed E-state index contributed by atoms with van der Waals surface area (Å²) in [6.45, 7) is 2.46. The first-order chi connectivity index (χ1) is 12.6. The Labute approximate surface area is 157 Å². The van der Waals surface area contributed by atoms with Crippen molar-refractivity contribution in [3.8, 4) is 5.75 Å². The highest BCUT2D eigenvalue weighted by Gasteiger charge is 2.04. The molecule has 0 heterocycles. The fourth-order valence-corrected chi connectivity index (χ4v) is 2.64. The zero-order valence-corrected chi connectivity index (χ0v) is 15.2. The number of ether oxygens (including phenoxy) is 1. The van der Waals surface area contributed by atoms with E-state index in [9.17, 15) is 4.39 Å². The minimum atomic E-state index is -0.262. The van der Waals surface area contributed by atoms with Gasteiger partial charge >= 0.3 is 0 Å². The van der Waals surface area contributed by atoms with Crippen LogP contribution >= 0.6 is 11.6 Å². The largest absolute Gasteiger partial charge is 0.488 e. The number of hydrogen-bond acceptors (Lipinski definition) is 2. The summed E-state index contributed by atoms with van der Waals surface area (Å²) in [4.78, 5) is 4.51. The van der Waals surface area contributed by atoms with Crippen molar-refractivity contribution < 1.29 is 9.13 Å². The summed E-state index contributed by atoms with van der Waals surface area (Å²) in [5.74, 6) is 0.412. The molecular weight excluding hydrogens is 349 g/mol. The number of aliphatic imine (C=N–C) groups is 1. The van der Waals surface area contributed by atoms with Gasteiger partial charge in [0.05, 0.1) is 5.69 Å². The second kappa shape index (κ2) is 8.63. The Morgan fingerprint density at radius 1 is 0.962 bits per heavy atom. The maximum atomic E-state index is 13.0. The molecule has 0 bridgehead atoms. The molecule has 26 heavy (non-hydrogen) atoms. The number of nitrogens with zero attached hydrogens (tertiary/aromatic N) is 1. The summed E-state index contributed by atoms with van der Waals surface area (Å²) in [6.07, 6.45) is 2.74. The van der Waals surface area contributed by atoms with Gasteiger partial charge in [0.15, 0.2) is 0 Å². The molecule has 132 valence electrons. The maximum Gasteiger partial charge on any atom is 0.128 e. The Balaban J connectivity index is 1.76. The third-order valence-electron chi connectivity index (χ3n) is 3.98. The zero-order valence-electron chi connectivity index (χ0n) is 14.5. The van der Waals surface area contributed by atoms with Gasteiger partial charge in [0.25, 0.3) is 0 Å². The van der Waals surface area contributed by atoms with Crippen LogP contribution in [0.15, 0.2) is 71.7 Å². The lowest BCUT2D eigenvalue weighted by molar-refractivity contribution is 0.305. The van der Waals surface area contributed by atoms with Gasteiger partial charge in [0.2, 0.25) is 0 Å². The summed E-state index contributed by atoms with van der Waals surface area (Å²) in [5.41, 5.74) is 3.82. The molecule has 2 nitrogen and oxygen atoms in total. The van der Waals surface area contributed by atoms with Crippen molar-refractivity contribution in [2.45, 2.75) is 20.0 Å². The predicted octanol–water partition coefficient (Wildman–Crippen LogP) is 6.37. The summed E-state index contributed by atoms with van der Waals surface area (Å²) in [7, 11) is 0. The molecule has 0 saturated carbocycles. The van der Waals surface area contributed by atoms with Gasteiger partial charge in [-0.25, -0.2) is 4.39 Å². The van der Waals surface area contributed by atoms with E-state index >= 15 is 0 Å². The maximum absolute atomic E-state index is 13.0. The van der Waals surface area contributed by atoms with Crippen molar-refractivity contribution in [3.63, 3.8) is 0 Å². The highest BCUT2D eigenvalue weighted by molar-refractivity contribution is 6.30. The molecule has 0 unspecified atom stereocenters. The first-order valence-corrected chi connectivity index (χ1v) is 8.81. The quantitative estimate of drug-likeness (QED) is 0.464. The third kappa shape index (κ3) is 4.93. The average Bonchev–Trinajstić information content (AvgIpc) is 2.67. The molecule has 0 fully saturated rings. The Bertz CT molecular complexity index is 889. The SMILES string of the molecule is CCc1ccc(N=Cc2cc(Cl)ccc2OCc2ccc(F)cc2)cc1. The van der Waals surface area contributed by atoms with Gasteiger partial charge in [-0.15, -0.1) is 0 Å². The van der Waals surface area contributed by atoms with E-state index in [1.54, 1.807) is 24.4 Å². The average molecular weight is 368 g/mol. The smallest absolute Gasteiger partial charge is 0.128 e. The van der Waals surface area contributed by atoms with Crippen LogP contribution in [0.25, 0.3) is 0 Å². The van der Waals surface area contributed by atoms with Crippen LogP contribution in [-0.2, 0) is 13.0 Å². The number of halogens is 2. The van der Waals surface area contributed by atoms with Crippen molar-refractivity contribution in [3.05, 3.63) is 94.3 Å². The summed E-state index contributed by atoms with van der Waals surface area (Å²) in [6, 6.07) is 19.7. The van der Waals surface area contributed by atoms with Gasteiger partial charge in [0.1, 0.15) is 18.2 Å². The van der Waals surface area contributed by atoms with Gasteiger partial charge in [-0.1, -0.05) is 42.8 Å². The van der Waals surface area contributed by atoms with Crippen LogP contribution in [-0.4, -0.2) is 6.21 Å². The summed E-state index contributed by atoms with van der Waals surface area (Å²) in [5, 5.41) is 0.613. The van der Waals surface area contributed by atoms with Gasteiger partial charge in [-0.2, -0.15) is 0 Å². The van der Waals surface area contributed by atoms with Crippen molar-refractivity contribution in [1.29, 1.82) is 0 Å². The van der Waals surface area contributed by atoms with Gasteiger partial charge < -0.3 is 4.74 Å². The van der Waals surface area contributed by atoms with E-state index in [-0.39, 0.29) is 5.82 Å². The molecule has 0 aliphatic heterocycles. The first-order valence-electron chi connectivity index (χ1n) is 8.44. The van der Waals surface area contributed by atoms with E-state index < -0.39 is 0 Å². The van der Waals surface area contributed by atoms with E-state index in [2.05, 4.69) is 24.0 Å². The molecule has 3 aromatic rings. The van der Waals surface area contributed by atoms with E-state index in [0.29, 0.717) is 17.4 Å². The van der Waals surface area contributed by atoms with Crippen LogP contribution in [0.3, 0.4) is 0 Å². The van der Waals surface area contributed by atoms with Crippen molar-refractivity contribution in [2.75, 3.05) is 0 Å². The van der Waals surface area contributed by atoms with Crippen molar-refractivity contribution in [1.82, 2.24) is 0 Å². The van der Waals surface area contributed by atoms with Gasteiger partial charge in [-0.3, -0.25) is 4.99 Å². The first kappa shape index (κ1) is 18.2. The molecule has 0 saturated heterocycles. The number of rotatable bonds is 6. The fourth-order valence-electron chi connectivity index (χ4n) is 2.46. The highest BCUT2D eigenvalue weighted by atomic mass is 35.5. The highest BCUT2D eigenvalue weighted by Crippen LogP contribution is 2.24. The van der Waals surface area contributed by atoms with Gasteiger partial charge in [0, 0.05) is 16.8 Å². The lowest BCUT2D eigenvalue weighted by Crippen LogP contribution is -1.98. The number of benzene rings is 3. The topological polar surface area (TPSA) is 21.6 Å². The molecule has 0 aliphatic carbocycles. The minimum absolute atomic E-state index is 0.262. The van der Waals surface area contributed by atoms with Crippen molar-refractivity contribution >= 4 is 23.5 Å². The fraction of sp³-hybridized carbons (Fsp3) is 0.136. The Morgan fingerprint density at radius 2 is 1.65 bits per heavy atom. The summed E-state index contributed by atoms with van der Waals surface area (Å²) < 4.78 is 18.9. The zero-order chi connectivity index (χ0) is 18.4. The molecule has 3 aromatic carbocycles. The van der Waals surface area contributed by atoms with Crippen LogP contribution in [0, 0.1) is 5.82 Å². The van der Waals surface area contributed by atoms with Crippen LogP contribution in [0.5, 0.6) is 5.75 Å². The second-order valence-electron chi connectivity index (χ2n) is 5.88. The normalized spacial score (nSPS) is 11.0. The van der Waals surface area contributed by atoms with Gasteiger partial charge in [-0.05, 0) is 60.0 Å². The molecule has 4 heteroatoms. The Hall–Kier alpha value is -2.65. The molecule has 0 spiro atoms. The van der Waals surface area contributed by atoms with Crippen LogP contribution in [0.1, 0.15) is 23.6 Å². The van der Waals surface area contributed by atoms with Crippen molar-refractivity contribution in [2.24, 2.45) is 4.99 Å². The van der Waals surface area contributed by atoms with E-state index in [4.69, 9.17) is 16.3 Å². The molecule has 0 N–H and O–H groups in total. The molecule has 0 radical (unpaired) electrons. The molecule has 3 rings (SSSR count). The Morgan fingerprint density at radius 3 is 2.35 bits per heavy atom. The Kier molecular flexibility index (Phi) is 6.03. The molecule has 0 amide bonds. The third-order valence-corrected chi connectivity index (χ3v) is 4.21. The second-order valence-corrected chi connectivity index (χ2v) is 6.31. The van der Waals surface area contributed by atoms with Crippen LogP contribution < -0.4 is 4.74 Å². The molecule has 0 atom stereocenters. The number of aryl methyl sites for hydroxylation is 1. The lowest BCUT2D eigenvalue weighted by Gasteiger charge is -2.10. The molecule has 0 aromatic heterocycles. The van der Waals surface area contributed by atoms with E-state index in [0.717, 1.165) is 23.2 Å². The summed E-state index contributed by atoms with van der Waals surface area (Å²) >= 11 is 6.11. The van der Waals surface area contributed by atoms with Crippen LogP contribution in [0.2, 0.25) is 5.02 Å². The lowest BCUT2D eigenvalue weighted by atomic mass is 10.1. The van der Waals surface area contributed by atoms with Crippen LogP contribution in [0.4, 0.5) is 10.1 Å². The number of hydrogen-bond donors (Lipinski definition) is 0. The van der Waals surface area contributed by atoms with E-state index in [1.807, 2.05) is 24.3 Å². The minimum Gasteiger partial charge on any atom is -0.488 e. The molecular formula is C22H19ClFNO. The standard InChI is InChI=1S/C22H19ClFNO/c1-2-16-5-10-21(11-6-16)25-14-18-13-19(23)7-12-22(18)26-15-17-3-8-20(24)9-4-17/h3-14H,2,15H2,1H3. The molecule has 0 aliphatic rings. The predicted molar refractivity (Wildman–Crippen MR) is 105 cm³/mol. The van der Waals surface area contributed by atoms with E-state index in [1.165, 1.54) is 17.7 Å². The monoisotopic (exact) mass is 367 g/mol.